The number of rotatable bonds is 4. The van der Waals surface area contributed by atoms with E-state index in [2.05, 4.69) is 5.32 Å². The van der Waals surface area contributed by atoms with Gasteiger partial charge in [-0.05, 0) is 19.1 Å². The molecule has 76 valence electrons. The van der Waals surface area contributed by atoms with Gasteiger partial charge in [-0.1, -0.05) is 0 Å². The molecular formula is C9H10ClNO2S. The molecule has 0 bridgehead atoms. The summed E-state index contributed by atoms with van der Waals surface area (Å²) in [6.07, 6.45) is 0. The molecule has 1 rings (SSSR count). The number of carbonyl (C=O) groups excluding carboxylic acids is 2. The van der Waals surface area contributed by atoms with Gasteiger partial charge in [0.1, 0.15) is 0 Å². The second-order valence-corrected chi connectivity index (χ2v) is 4.32. The van der Waals surface area contributed by atoms with Crippen LogP contribution in [0.3, 0.4) is 0 Å². The average molecular weight is 232 g/mol. The number of ketones is 1. The monoisotopic (exact) mass is 231 g/mol. The summed E-state index contributed by atoms with van der Waals surface area (Å²) >= 11 is 6.69. The molecule has 0 fully saturated rings. The van der Waals surface area contributed by atoms with Crippen molar-refractivity contribution in [2.24, 2.45) is 0 Å². The molecule has 0 aliphatic rings. The minimum atomic E-state index is -0.221. The molecule has 1 aromatic heterocycles. The highest BCUT2D eigenvalue weighted by atomic mass is 35.5. The number of Topliss-reactive ketones (excluding diaryl/α,β-unsaturated/α-hetero) is 1. The summed E-state index contributed by atoms with van der Waals surface area (Å²) in [5.74, 6) is -0.473. The molecule has 14 heavy (non-hydrogen) atoms. The summed E-state index contributed by atoms with van der Waals surface area (Å²) in [5.41, 5.74) is 0. The normalized spacial score (nSPS) is 9.86. The third-order valence-corrected chi connectivity index (χ3v) is 2.86. The van der Waals surface area contributed by atoms with Crippen LogP contribution in [-0.2, 0) is 4.79 Å². The van der Waals surface area contributed by atoms with Gasteiger partial charge in [-0.2, -0.15) is 0 Å². The van der Waals surface area contributed by atoms with Crippen molar-refractivity contribution in [3.63, 3.8) is 0 Å². The zero-order valence-electron chi connectivity index (χ0n) is 7.67. The van der Waals surface area contributed by atoms with Crippen molar-refractivity contribution in [1.82, 2.24) is 5.32 Å². The standard InChI is InChI=1S/C9H10ClNO2S/c1-6-2-3-8(14-6)9(13)11-5-7(12)4-10/h2-3H,4-5H2,1H3,(H,11,13). The molecule has 0 unspecified atom stereocenters. The van der Waals surface area contributed by atoms with Crippen LogP contribution < -0.4 is 5.32 Å². The van der Waals surface area contributed by atoms with E-state index in [9.17, 15) is 9.59 Å². The van der Waals surface area contributed by atoms with E-state index in [-0.39, 0.29) is 24.1 Å². The fraction of sp³-hybridized carbons (Fsp3) is 0.333. The van der Waals surface area contributed by atoms with Crippen LogP contribution in [0.1, 0.15) is 14.5 Å². The van der Waals surface area contributed by atoms with E-state index in [1.165, 1.54) is 11.3 Å². The van der Waals surface area contributed by atoms with Crippen LogP contribution in [0.15, 0.2) is 12.1 Å². The predicted molar refractivity (Wildman–Crippen MR) is 57.1 cm³/mol. The Hall–Kier alpha value is -0.870. The molecule has 0 aliphatic carbocycles. The van der Waals surface area contributed by atoms with Crippen molar-refractivity contribution in [2.75, 3.05) is 12.4 Å². The summed E-state index contributed by atoms with van der Waals surface area (Å²) in [6, 6.07) is 3.60. The topological polar surface area (TPSA) is 46.2 Å². The molecule has 1 heterocycles. The minimum Gasteiger partial charge on any atom is -0.344 e. The van der Waals surface area contributed by atoms with E-state index in [0.717, 1.165) is 4.88 Å². The lowest BCUT2D eigenvalue weighted by Gasteiger charge is -1.99. The second kappa shape index (κ2) is 5.12. The third-order valence-electron chi connectivity index (χ3n) is 1.56. The SMILES string of the molecule is Cc1ccc(C(=O)NCC(=O)CCl)s1. The maximum Gasteiger partial charge on any atom is 0.261 e. The molecule has 0 aromatic carbocycles. The molecule has 0 saturated carbocycles. The van der Waals surface area contributed by atoms with Crippen LogP contribution in [0.2, 0.25) is 0 Å². The molecule has 3 nitrogen and oxygen atoms in total. The van der Waals surface area contributed by atoms with Crippen LogP contribution in [0.4, 0.5) is 0 Å². The zero-order valence-corrected chi connectivity index (χ0v) is 9.24. The molecule has 1 aromatic rings. The highest BCUT2D eigenvalue weighted by molar-refractivity contribution is 7.13. The number of carbonyl (C=O) groups is 2. The molecular weight excluding hydrogens is 222 g/mol. The Kier molecular flexibility index (Phi) is 4.10. The average Bonchev–Trinajstić information content (AvgIpc) is 2.60. The van der Waals surface area contributed by atoms with E-state index in [1.807, 2.05) is 13.0 Å². The first kappa shape index (κ1) is 11.2. The van der Waals surface area contributed by atoms with Crippen molar-refractivity contribution < 1.29 is 9.59 Å². The first-order valence-electron chi connectivity index (χ1n) is 4.06. The first-order chi connectivity index (χ1) is 6.63. The van der Waals surface area contributed by atoms with Gasteiger partial charge in [0.05, 0.1) is 17.3 Å². The number of thiophene rings is 1. The highest BCUT2D eigenvalue weighted by Gasteiger charge is 2.08. The fourth-order valence-electron chi connectivity index (χ4n) is 0.870. The van der Waals surface area contributed by atoms with Gasteiger partial charge >= 0.3 is 0 Å². The second-order valence-electron chi connectivity index (χ2n) is 2.77. The molecule has 0 radical (unpaired) electrons. The Morgan fingerprint density at radius 2 is 2.21 bits per heavy atom. The summed E-state index contributed by atoms with van der Waals surface area (Å²) < 4.78 is 0. The molecule has 0 saturated heterocycles. The van der Waals surface area contributed by atoms with Crippen molar-refractivity contribution in [2.45, 2.75) is 6.92 Å². The number of amides is 1. The minimum absolute atomic E-state index is 0.000713. The third kappa shape index (κ3) is 3.12. The quantitative estimate of drug-likeness (QED) is 0.800. The van der Waals surface area contributed by atoms with E-state index < -0.39 is 0 Å². The molecule has 0 atom stereocenters. The van der Waals surface area contributed by atoms with Crippen molar-refractivity contribution in [3.8, 4) is 0 Å². The van der Waals surface area contributed by atoms with Crippen LogP contribution in [0, 0.1) is 6.92 Å². The molecule has 5 heteroatoms. The van der Waals surface area contributed by atoms with Gasteiger partial charge in [0, 0.05) is 4.88 Å². The van der Waals surface area contributed by atoms with Gasteiger partial charge in [-0.3, -0.25) is 9.59 Å². The van der Waals surface area contributed by atoms with Gasteiger partial charge in [-0.25, -0.2) is 0 Å². The summed E-state index contributed by atoms with van der Waals surface area (Å²) in [7, 11) is 0. The maximum absolute atomic E-state index is 11.4. The zero-order chi connectivity index (χ0) is 10.6. The summed E-state index contributed by atoms with van der Waals surface area (Å²) in [6.45, 7) is 1.92. The van der Waals surface area contributed by atoms with E-state index in [1.54, 1.807) is 6.07 Å². The lowest BCUT2D eigenvalue weighted by Crippen LogP contribution is -2.29. The Morgan fingerprint density at radius 1 is 1.50 bits per heavy atom. The Morgan fingerprint density at radius 3 is 2.71 bits per heavy atom. The van der Waals surface area contributed by atoms with Crippen LogP contribution in [-0.4, -0.2) is 24.1 Å². The lowest BCUT2D eigenvalue weighted by atomic mass is 10.4. The molecule has 0 spiro atoms. The predicted octanol–water partition coefficient (Wildman–Crippen LogP) is 1.59. The largest absolute Gasteiger partial charge is 0.344 e. The number of hydrogen-bond donors (Lipinski definition) is 1. The van der Waals surface area contributed by atoms with Gasteiger partial charge < -0.3 is 5.32 Å². The Balaban J connectivity index is 2.47. The van der Waals surface area contributed by atoms with Crippen molar-refractivity contribution in [1.29, 1.82) is 0 Å². The van der Waals surface area contributed by atoms with Gasteiger partial charge in [0.25, 0.3) is 5.91 Å². The molecule has 1 N–H and O–H groups in total. The van der Waals surface area contributed by atoms with E-state index in [4.69, 9.17) is 11.6 Å². The summed E-state index contributed by atoms with van der Waals surface area (Å²) in [5, 5.41) is 2.50. The number of nitrogens with one attached hydrogen (secondary N) is 1. The van der Waals surface area contributed by atoms with Gasteiger partial charge in [0.2, 0.25) is 0 Å². The van der Waals surface area contributed by atoms with Crippen LogP contribution >= 0.6 is 22.9 Å². The fourth-order valence-corrected chi connectivity index (χ4v) is 1.75. The van der Waals surface area contributed by atoms with Crippen LogP contribution in [0.25, 0.3) is 0 Å². The maximum atomic E-state index is 11.4. The number of aryl methyl sites for hydroxylation is 1. The molecule has 1 amide bonds. The van der Waals surface area contributed by atoms with Gasteiger partial charge in [0.15, 0.2) is 5.78 Å². The Labute approximate surface area is 91.1 Å². The molecule has 0 aliphatic heterocycles. The van der Waals surface area contributed by atoms with E-state index in [0.29, 0.717) is 4.88 Å². The van der Waals surface area contributed by atoms with Crippen LogP contribution in [0.5, 0.6) is 0 Å². The van der Waals surface area contributed by atoms with E-state index >= 15 is 0 Å². The summed E-state index contributed by atoms with van der Waals surface area (Å²) in [4.78, 5) is 23.9. The number of hydrogen-bond acceptors (Lipinski definition) is 3. The highest BCUT2D eigenvalue weighted by Crippen LogP contribution is 2.14. The first-order valence-corrected chi connectivity index (χ1v) is 5.41. The van der Waals surface area contributed by atoms with Crippen molar-refractivity contribution in [3.05, 3.63) is 21.9 Å². The van der Waals surface area contributed by atoms with Crippen molar-refractivity contribution >= 4 is 34.6 Å². The Bertz CT molecular complexity index is 348. The number of alkyl halides is 1. The number of halogens is 1. The smallest absolute Gasteiger partial charge is 0.261 e. The lowest BCUT2D eigenvalue weighted by molar-refractivity contribution is -0.115. The van der Waals surface area contributed by atoms with Gasteiger partial charge in [-0.15, -0.1) is 22.9 Å².